The normalized spacial score (nSPS) is 16.3. The van der Waals surface area contributed by atoms with Crippen LogP contribution in [0.15, 0.2) is 60.9 Å². The highest BCUT2D eigenvalue weighted by Crippen LogP contribution is 2.26. The molecule has 6 rings (SSSR count). The first-order valence-electron chi connectivity index (χ1n) is 12.6. The number of amides is 1. The van der Waals surface area contributed by atoms with Gasteiger partial charge in [-0.3, -0.25) is 4.79 Å². The van der Waals surface area contributed by atoms with E-state index in [1.807, 2.05) is 59.6 Å². The molecule has 2 saturated heterocycles. The minimum Gasteiger partial charge on any atom is -0.378 e. The second kappa shape index (κ2) is 9.94. The number of aromatic nitrogens is 4. The number of rotatable bonds is 5. The van der Waals surface area contributed by atoms with Crippen LogP contribution in [0.3, 0.4) is 0 Å². The van der Waals surface area contributed by atoms with Crippen LogP contribution in [0.4, 0.5) is 17.5 Å². The summed E-state index contributed by atoms with van der Waals surface area (Å²) in [4.78, 5) is 26.3. The third-order valence-electron chi connectivity index (χ3n) is 6.79. The van der Waals surface area contributed by atoms with E-state index in [2.05, 4.69) is 20.3 Å². The van der Waals surface area contributed by atoms with Crippen molar-refractivity contribution in [3.8, 4) is 11.1 Å². The molecule has 3 aromatic heterocycles. The van der Waals surface area contributed by atoms with Crippen molar-refractivity contribution >= 4 is 29.0 Å². The summed E-state index contributed by atoms with van der Waals surface area (Å²) >= 11 is 0. The van der Waals surface area contributed by atoms with Crippen molar-refractivity contribution in [3.05, 3.63) is 66.5 Å². The van der Waals surface area contributed by atoms with E-state index in [0.717, 1.165) is 86.1 Å². The number of pyridine rings is 2. The van der Waals surface area contributed by atoms with Crippen LogP contribution in [0.2, 0.25) is 0 Å². The lowest BCUT2D eigenvalue weighted by Crippen LogP contribution is -2.36. The minimum atomic E-state index is 0.113. The van der Waals surface area contributed by atoms with Gasteiger partial charge in [0.15, 0.2) is 5.65 Å². The van der Waals surface area contributed by atoms with E-state index in [9.17, 15) is 4.79 Å². The lowest BCUT2D eigenvalue weighted by Gasteiger charge is -2.27. The topological polar surface area (TPSA) is 87.9 Å². The third kappa shape index (κ3) is 4.61. The molecular formula is C27H29N7O2. The first kappa shape index (κ1) is 22.5. The Balaban J connectivity index is 1.20. The number of benzene rings is 1. The molecule has 1 N–H and O–H groups in total. The Morgan fingerprint density at radius 1 is 0.917 bits per heavy atom. The summed E-state index contributed by atoms with van der Waals surface area (Å²) in [6, 6.07) is 15.8. The average Bonchev–Trinajstić information content (AvgIpc) is 3.37. The largest absolute Gasteiger partial charge is 0.378 e. The standard InChI is InChI=1S/C27H29N7O2/c35-26(33-12-2-1-3-13-33)21-8-6-20(7-9-21)23-5-4-14-34-25(23)30-27(31-34)29-22-10-11-24(28-19-22)32-15-17-36-18-16-32/h4-11,14,19H,1-3,12-13,15-18H2,(H,29,31). The van der Waals surface area contributed by atoms with Crippen LogP contribution < -0.4 is 10.2 Å². The Labute approximate surface area is 209 Å². The molecule has 2 aliphatic rings. The fraction of sp³-hybridized carbons (Fsp3) is 0.333. The molecule has 4 aromatic rings. The number of carbonyl (C=O) groups is 1. The zero-order chi connectivity index (χ0) is 24.3. The molecule has 0 atom stereocenters. The smallest absolute Gasteiger partial charge is 0.253 e. The van der Waals surface area contributed by atoms with E-state index in [4.69, 9.17) is 9.72 Å². The Morgan fingerprint density at radius 2 is 1.72 bits per heavy atom. The Kier molecular flexibility index (Phi) is 6.21. The van der Waals surface area contributed by atoms with Gasteiger partial charge in [-0.2, -0.15) is 4.98 Å². The van der Waals surface area contributed by atoms with Gasteiger partial charge in [-0.1, -0.05) is 12.1 Å². The van der Waals surface area contributed by atoms with Crippen LogP contribution in [0.25, 0.3) is 16.8 Å². The maximum absolute atomic E-state index is 12.8. The minimum absolute atomic E-state index is 0.113. The fourth-order valence-corrected chi connectivity index (χ4v) is 4.83. The van der Waals surface area contributed by atoms with Crippen LogP contribution >= 0.6 is 0 Å². The second-order valence-corrected chi connectivity index (χ2v) is 9.19. The number of morpholine rings is 1. The van der Waals surface area contributed by atoms with Crippen LogP contribution in [0.5, 0.6) is 0 Å². The molecule has 0 radical (unpaired) electrons. The van der Waals surface area contributed by atoms with E-state index >= 15 is 0 Å². The zero-order valence-corrected chi connectivity index (χ0v) is 20.1. The predicted octanol–water partition coefficient (Wildman–Crippen LogP) is 4.00. The molecule has 0 spiro atoms. The van der Waals surface area contributed by atoms with Crippen LogP contribution in [0, 0.1) is 0 Å². The first-order chi connectivity index (χ1) is 17.7. The first-order valence-corrected chi connectivity index (χ1v) is 12.6. The Morgan fingerprint density at radius 3 is 2.47 bits per heavy atom. The van der Waals surface area contributed by atoms with Gasteiger partial charge < -0.3 is 19.9 Å². The lowest BCUT2D eigenvalue weighted by molar-refractivity contribution is 0.0724. The predicted molar refractivity (Wildman–Crippen MR) is 139 cm³/mol. The highest BCUT2D eigenvalue weighted by molar-refractivity contribution is 5.95. The van der Waals surface area contributed by atoms with E-state index < -0.39 is 0 Å². The number of carbonyl (C=O) groups excluding carboxylic acids is 1. The number of ether oxygens (including phenoxy) is 1. The molecule has 36 heavy (non-hydrogen) atoms. The van der Waals surface area contributed by atoms with E-state index in [1.165, 1.54) is 6.42 Å². The van der Waals surface area contributed by atoms with Crippen LogP contribution in [-0.2, 0) is 4.74 Å². The summed E-state index contributed by atoms with van der Waals surface area (Å²) in [5.74, 6) is 1.55. The summed E-state index contributed by atoms with van der Waals surface area (Å²) in [5.41, 5.74) is 4.24. The van der Waals surface area contributed by atoms with Gasteiger partial charge in [0, 0.05) is 43.5 Å². The summed E-state index contributed by atoms with van der Waals surface area (Å²) in [6.45, 7) is 4.86. The van der Waals surface area contributed by atoms with Gasteiger partial charge in [0.1, 0.15) is 5.82 Å². The molecule has 0 unspecified atom stereocenters. The number of piperidine rings is 1. The molecule has 0 saturated carbocycles. The Bertz CT molecular complexity index is 1340. The Hall–Kier alpha value is -3.98. The van der Waals surface area contributed by atoms with Gasteiger partial charge in [0.25, 0.3) is 5.91 Å². The van der Waals surface area contributed by atoms with Crippen molar-refractivity contribution < 1.29 is 9.53 Å². The van der Waals surface area contributed by atoms with Gasteiger partial charge >= 0.3 is 0 Å². The second-order valence-electron chi connectivity index (χ2n) is 9.19. The third-order valence-corrected chi connectivity index (χ3v) is 6.79. The van der Waals surface area contributed by atoms with E-state index in [0.29, 0.717) is 5.95 Å². The monoisotopic (exact) mass is 483 g/mol. The van der Waals surface area contributed by atoms with E-state index in [-0.39, 0.29) is 5.91 Å². The summed E-state index contributed by atoms with van der Waals surface area (Å²) in [5, 5.41) is 7.86. The molecule has 0 bridgehead atoms. The summed E-state index contributed by atoms with van der Waals surface area (Å²) < 4.78 is 7.18. The molecule has 184 valence electrons. The SMILES string of the molecule is O=C(c1ccc(-c2cccn3nc(Nc4ccc(N5CCOCC5)nc4)nc23)cc1)N1CCCCC1. The molecular weight excluding hydrogens is 454 g/mol. The summed E-state index contributed by atoms with van der Waals surface area (Å²) in [6.07, 6.45) is 7.06. The quantitative estimate of drug-likeness (QED) is 0.459. The average molecular weight is 484 g/mol. The van der Waals surface area contributed by atoms with E-state index in [1.54, 1.807) is 10.7 Å². The molecule has 9 heteroatoms. The highest BCUT2D eigenvalue weighted by Gasteiger charge is 2.18. The molecule has 2 aliphatic heterocycles. The van der Waals surface area contributed by atoms with Crippen molar-refractivity contribution in [2.75, 3.05) is 49.6 Å². The molecule has 1 aromatic carbocycles. The number of hydrogen-bond donors (Lipinski definition) is 1. The van der Waals surface area contributed by atoms with Crippen molar-refractivity contribution in [2.45, 2.75) is 19.3 Å². The summed E-state index contributed by atoms with van der Waals surface area (Å²) in [7, 11) is 0. The van der Waals surface area contributed by atoms with Crippen LogP contribution in [0.1, 0.15) is 29.6 Å². The maximum atomic E-state index is 12.8. The molecule has 1 amide bonds. The molecule has 2 fully saturated rings. The van der Waals surface area contributed by atoms with Gasteiger partial charge in [-0.15, -0.1) is 5.10 Å². The number of nitrogens with one attached hydrogen (secondary N) is 1. The van der Waals surface area contributed by atoms with Crippen molar-refractivity contribution in [1.82, 2.24) is 24.5 Å². The van der Waals surface area contributed by atoms with Crippen LogP contribution in [-0.4, -0.2) is 69.8 Å². The molecule has 9 nitrogen and oxygen atoms in total. The number of nitrogens with zero attached hydrogens (tertiary/aromatic N) is 6. The highest BCUT2D eigenvalue weighted by atomic mass is 16.5. The molecule has 5 heterocycles. The van der Waals surface area contributed by atoms with Gasteiger partial charge in [-0.25, -0.2) is 9.50 Å². The van der Waals surface area contributed by atoms with Crippen molar-refractivity contribution in [1.29, 1.82) is 0 Å². The number of fused-ring (bicyclic) bond motifs is 1. The number of likely N-dealkylation sites (tertiary alicyclic amines) is 1. The zero-order valence-electron chi connectivity index (χ0n) is 20.1. The lowest BCUT2D eigenvalue weighted by atomic mass is 10.0. The maximum Gasteiger partial charge on any atom is 0.253 e. The van der Waals surface area contributed by atoms with Crippen molar-refractivity contribution in [3.63, 3.8) is 0 Å². The van der Waals surface area contributed by atoms with Gasteiger partial charge in [-0.05, 0) is 61.2 Å². The number of hydrogen-bond acceptors (Lipinski definition) is 7. The van der Waals surface area contributed by atoms with Crippen molar-refractivity contribution in [2.24, 2.45) is 0 Å². The molecule has 0 aliphatic carbocycles. The van der Waals surface area contributed by atoms with Gasteiger partial charge in [0.2, 0.25) is 5.95 Å². The number of anilines is 3. The fourth-order valence-electron chi connectivity index (χ4n) is 4.83. The van der Waals surface area contributed by atoms with Gasteiger partial charge in [0.05, 0.1) is 25.1 Å².